The number of hydrogen-bond donors (Lipinski definition) is 1. The summed E-state index contributed by atoms with van der Waals surface area (Å²) in [6.45, 7) is 0.397. The topological polar surface area (TPSA) is 76.1 Å². The number of nitrogens with zero attached hydrogens (tertiary/aromatic N) is 1. The molecule has 6 nitrogen and oxygen atoms in total. The summed E-state index contributed by atoms with van der Waals surface area (Å²) in [6, 6.07) is 2.57. The molecule has 1 unspecified atom stereocenters. The van der Waals surface area contributed by atoms with Gasteiger partial charge in [0, 0.05) is 13.1 Å². The second-order valence-electron chi connectivity index (χ2n) is 4.88. The van der Waals surface area contributed by atoms with Crippen molar-refractivity contribution >= 4 is 11.9 Å². The molecule has 1 aliphatic rings. The molecule has 1 N–H and O–H groups in total. The van der Waals surface area contributed by atoms with Gasteiger partial charge in [0.05, 0.1) is 13.5 Å². The number of carbonyl (C=O) groups is 2. The van der Waals surface area contributed by atoms with Crippen LogP contribution < -0.4 is 4.74 Å². The maximum Gasteiger partial charge on any atom is 0.321 e. The number of rotatable bonds is 6. The third-order valence-electron chi connectivity index (χ3n) is 3.40. The molecule has 0 radical (unpaired) electrons. The summed E-state index contributed by atoms with van der Waals surface area (Å²) < 4.78 is 36.2. The number of hydrogen-bond acceptors (Lipinski definition) is 5. The molecule has 0 amide bonds. The van der Waals surface area contributed by atoms with Crippen molar-refractivity contribution in [2.45, 2.75) is 18.6 Å². The first-order chi connectivity index (χ1) is 10.4. The molecular weight excluding hydrogens is 300 g/mol. The minimum absolute atomic E-state index is 0.198. The van der Waals surface area contributed by atoms with Crippen LogP contribution in [0.5, 0.6) is 5.75 Å². The number of carbonyl (C=O) groups excluding carboxylic acids is 1. The number of aliphatic carboxylic acids is 1. The van der Waals surface area contributed by atoms with Gasteiger partial charge in [-0.05, 0) is 12.1 Å². The molecular formula is C14H15F2NO5. The van der Waals surface area contributed by atoms with Crippen LogP contribution in [-0.2, 0) is 14.3 Å². The smallest absolute Gasteiger partial charge is 0.321 e. The Kier molecular flexibility index (Phi) is 4.92. The van der Waals surface area contributed by atoms with Crippen LogP contribution in [0.2, 0.25) is 0 Å². The van der Waals surface area contributed by atoms with E-state index in [1.165, 1.54) is 24.1 Å². The SMILES string of the molecule is COC(=O)CC(C(=O)O)N1CC(Oc2cccc(F)c2F)C1. The summed E-state index contributed by atoms with van der Waals surface area (Å²) in [4.78, 5) is 23.8. The fraction of sp³-hybridized carbons (Fsp3) is 0.429. The highest BCUT2D eigenvalue weighted by Gasteiger charge is 2.39. The van der Waals surface area contributed by atoms with Crippen molar-refractivity contribution in [2.24, 2.45) is 0 Å². The Morgan fingerprint density at radius 1 is 1.41 bits per heavy atom. The number of carboxylic acids is 1. The predicted molar refractivity (Wildman–Crippen MR) is 70.4 cm³/mol. The monoisotopic (exact) mass is 315 g/mol. The molecule has 0 saturated carbocycles. The van der Waals surface area contributed by atoms with Crippen LogP contribution in [0.1, 0.15) is 6.42 Å². The van der Waals surface area contributed by atoms with E-state index < -0.39 is 35.7 Å². The zero-order chi connectivity index (χ0) is 16.3. The van der Waals surface area contributed by atoms with Crippen LogP contribution in [0.15, 0.2) is 18.2 Å². The highest BCUT2D eigenvalue weighted by atomic mass is 19.2. The van der Waals surface area contributed by atoms with Crippen molar-refractivity contribution < 1.29 is 33.0 Å². The van der Waals surface area contributed by atoms with Gasteiger partial charge in [-0.1, -0.05) is 6.07 Å². The van der Waals surface area contributed by atoms with Crippen LogP contribution in [-0.4, -0.2) is 54.3 Å². The fourth-order valence-electron chi connectivity index (χ4n) is 2.17. The number of carboxylic acid groups (broad SMARTS) is 1. The molecule has 1 aromatic rings. The molecule has 1 atom stereocenters. The Bertz CT molecular complexity index is 574. The van der Waals surface area contributed by atoms with E-state index in [0.29, 0.717) is 0 Å². The van der Waals surface area contributed by atoms with Crippen LogP contribution in [0.25, 0.3) is 0 Å². The number of methoxy groups -OCH3 is 1. The highest BCUT2D eigenvalue weighted by molar-refractivity contribution is 5.81. The molecule has 0 bridgehead atoms. The van der Waals surface area contributed by atoms with Gasteiger partial charge in [-0.3, -0.25) is 14.5 Å². The van der Waals surface area contributed by atoms with Gasteiger partial charge >= 0.3 is 11.9 Å². The number of ether oxygens (including phenoxy) is 2. The maximum atomic E-state index is 13.5. The molecule has 0 spiro atoms. The van der Waals surface area contributed by atoms with Gasteiger partial charge < -0.3 is 14.6 Å². The minimum Gasteiger partial charge on any atom is -0.485 e. The quantitative estimate of drug-likeness (QED) is 0.791. The maximum absolute atomic E-state index is 13.5. The van der Waals surface area contributed by atoms with E-state index in [-0.39, 0.29) is 25.3 Å². The summed E-state index contributed by atoms with van der Waals surface area (Å²) in [5, 5.41) is 9.11. The van der Waals surface area contributed by atoms with Crippen LogP contribution >= 0.6 is 0 Å². The summed E-state index contributed by atoms with van der Waals surface area (Å²) >= 11 is 0. The van der Waals surface area contributed by atoms with Crippen molar-refractivity contribution in [3.8, 4) is 5.75 Å². The number of halogens is 2. The molecule has 0 aliphatic carbocycles. The van der Waals surface area contributed by atoms with Gasteiger partial charge in [0.2, 0.25) is 5.82 Å². The van der Waals surface area contributed by atoms with Crippen LogP contribution in [0.3, 0.4) is 0 Å². The van der Waals surface area contributed by atoms with Gasteiger partial charge in [-0.2, -0.15) is 4.39 Å². The molecule has 8 heteroatoms. The van der Waals surface area contributed by atoms with E-state index >= 15 is 0 Å². The Morgan fingerprint density at radius 2 is 2.09 bits per heavy atom. The van der Waals surface area contributed by atoms with Crippen molar-refractivity contribution in [3.63, 3.8) is 0 Å². The van der Waals surface area contributed by atoms with Gasteiger partial charge in [0.15, 0.2) is 11.6 Å². The lowest BCUT2D eigenvalue weighted by molar-refractivity contribution is -0.155. The lowest BCUT2D eigenvalue weighted by Crippen LogP contribution is -2.60. The van der Waals surface area contributed by atoms with E-state index in [9.17, 15) is 18.4 Å². The molecule has 1 saturated heterocycles. The Balaban J connectivity index is 1.92. The molecule has 1 aliphatic heterocycles. The third kappa shape index (κ3) is 3.51. The summed E-state index contributed by atoms with van der Waals surface area (Å²) in [5.74, 6) is -4.09. The summed E-state index contributed by atoms with van der Waals surface area (Å²) in [6.07, 6.45) is -0.747. The molecule has 22 heavy (non-hydrogen) atoms. The lowest BCUT2D eigenvalue weighted by Gasteiger charge is -2.41. The van der Waals surface area contributed by atoms with Crippen molar-refractivity contribution in [2.75, 3.05) is 20.2 Å². The average molecular weight is 315 g/mol. The van der Waals surface area contributed by atoms with Gasteiger partial charge in [-0.25, -0.2) is 4.39 Å². The molecule has 2 rings (SSSR count). The number of esters is 1. The molecule has 120 valence electrons. The van der Waals surface area contributed by atoms with Crippen LogP contribution in [0, 0.1) is 11.6 Å². The number of likely N-dealkylation sites (tertiary alicyclic amines) is 1. The first-order valence-electron chi connectivity index (χ1n) is 6.56. The molecule has 1 aromatic carbocycles. The summed E-state index contributed by atoms with van der Waals surface area (Å²) in [5.41, 5.74) is 0. The Labute approximate surface area is 125 Å². The van der Waals surface area contributed by atoms with Gasteiger partial charge in [0.1, 0.15) is 12.1 Å². The van der Waals surface area contributed by atoms with Crippen LogP contribution in [0.4, 0.5) is 8.78 Å². The van der Waals surface area contributed by atoms with Crippen molar-refractivity contribution in [1.82, 2.24) is 4.90 Å². The zero-order valence-electron chi connectivity index (χ0n) is 11.8. The first kappa shape index (κ1) is 16.2. The zero-order valence-corrected chi connectivity index (χ0v) is 11.8. The van der Waals surface area contributed by atoms with Gasteiger partial charge in [-0.15, -0.1) is 0 Å². The Morgan fingerprint density at radius 3 is 2.68 bits per heavy atom. The highest BCUT2D eigenvalue weighted by Crippen LogP contribution is 2.25. The van der Waals surface area contributed by atoms with E-state index in [2.05, 4.69) is 4.74 Å². The third-order valence-corrected chi connectivity index (χ3v) is 3.40. The Hall–Kier alpha value is -2.22. The average Bonchev–Trinajstić information content (AvgIpc) is 2.44. The van der Waals surface area contributed by atoms with Crippen molar-refractivity contribution in [1.29, 1.82) is 0 Å². The van der Waals surface area contributed by atoms with Crippen molar-refractivity contribution in [3.05, 3.63) is 29.8 Å². The second-order valence-corrected chi connectivity index (χ2v) is 4.88. The number of benzene rings is 1. The molecule has 1 heterocycles. The lowest BCUT2D eigenvalue weighted by atomic mass is 10.0. The summed E-state index contributed by atoms with van der Waals surface area (Å²) in [7, 11) is 1.18. The molecule has 1 fully saturated rings. The largest absolute Gasteiger partial charge is 0.485 e. The molecule has 0 aromatic heterocycles. The van der Waals surface area contributed by atoms with E-state index in [0.717, 1.165) is 6.07 Å². The minimum atomic E-state index is -1.15. The van der Waals surface area contributed by atoms with E-state index in [1.807, 2.05) is 0 Å². The normalized spacial score (nSPS) is 16.7. The first-order valence-corrected chi connectivity index (χ1v) is 6.56. The second kappa shape index (κ2) is 6.69. The fourth-order valence-corrected chi connectivity index (χ4v) is 2.17. The van der Waals surface area contributed by atoms with E-state index in [4.69, 9.17) is 9.84 Å². The van der Waals surface area contributed by atoms with Gasteiger partial charge in [0.25, 0.3) is 0 Å². The standard InChI is InChI=1S/C14H15F2NO5/c1-21-12(18)5-10(14(19)20)17-6-8(7-17)22-11-4-2-3-9(15)13(11)16/h2-4,8,10H,5-7H2,1H3,(H,19,20). The predicted octanol–water partition coefficient (Wildman–Crippen LogP) is 1.04. The van der Waals surface area contributed by atoms with E-state index in [1.54, 1.807) is 0 Å².